The van der Waals surface area contributed by atoms with Crippen molar-refractivity contribution in [2.75, 3.05) is 24.6 Å². The number of hydrogen-bond donors (Lipinski definition) is 2. The summed E-state index contributed by atoms with van der Waals surface area (Å²) in [5.41, 5.74) is 0.897. The Morgan fingerprint density at radius 1 is 1.31 bits per heavy atom. The van der Waals surface area contributed by atoms with Crippen LogP contribution in [0.3, 0.4) is 0 Å². The molecule has 0 bridgehead atoms. The molecule has 0 radical (unpaired) electrons. The average Bonchev–Trinajstić information content (AvgIpc) is 2.39. The monoisotopic (exact) mass is 222 g/mol. The first-order chi connectivity index (χ1) is 7.83. The van der Waals surface area contributed by atoms with Crippen molar-refractivity contribution in [3.05, 3.63) is 23.9 Å². The van der Waals surface area contributed by atoms with Gasteiger partial charge < -0.3 is 15.1 Å². The number of hydrogen-bond acceptors (Lipinski definition) is 4. The van der Waals surface area contributed by atoms with E-state index in [1.54, 1.807) is 6.20 Å². The molecule has 0 aliphatic carbocycles. The van der Waals surface area contributed by atoms with Crippen LogP contribution in [0.15, 0.2) is 18.3 Å². The first-order valence-electron chi connectivity index (χ1n) is 5.75. The van der Waals surface area contributed by atoms with Crippen LogP contribution in [0.25, 0.3) is 0 Å². The first-order valence-corrected chi connectivity index (χ1v) is 5.75. The Labute approximate surface area is 95.5 Å². The van der Waals surface area contributed by atoms with Gasteiger partial charge in [-0.3, -0.25) is 0 Å². The van der Waals surface area contributed by atoms with E-state index >= 15 is 0 Å². The molecule has 2 N–H and O–H groups in total. The van der Waals surface area contributed by atoms with Crippen LogP contribution in [0.4, 0.5) is 5.82 Å². The van der Waals surface area contributed by atoms with Crippen LogP contribution in [0.5, 0.6) is 0 Å². The Hall–Kier alpha value is -1.13. The van der Waals surface area contributed by atoms with Gasteiger partial charge in [-0.05, 0) is 36.5 Å². The fourth-order valence-electron chi connectivity index (χ4n) is 2.08. The molecule has 0 saturated carbocycles. The summed E-state index contributed by atoms with van der Waals surface area (Å²) < 4.78 is 0. The van der Waals surface area contributed by atoms with Crippen LogP contribution in [0, 0.1) is 5.92 Å². The zero-order valence-corrected chi connectivity index (χ0v) is 9.34. The normalized spacial score (nSPS) is 17.8. The highest BCUT2D eigenvalue weighted by atomic mass is 16.3. The molecule has 1 fully saturated rings. The maximum atomic E-state index is 9.06. The van der Waals surface area contributed by atoms with E-state index in [9.17, 15) is 0 Å². The SMILES string of the molecule is OCc1ccnc(N2CCC(CO)CC2)c1. The minimum atomic E-state index is 0.0582. The zero-order chi connectivity index (χ0) is 11.4. The molecule has 1 aliphatic heterocycles. The van der Waals surface area contributed by atoms with Crippen molar-refractivity contribution in [2.24, 2.45) is 5.92 Å². The van der Waals surface area contributed by atoms with E-state index in [-0.39, 0.29) is 13.2 Å². The number of aliphatic hydroxyl groups excluding tert-OH is 2. The molecule has 0 spiro atoms. The molecule has 1 saturated heterocycles. The maximum Gasteiger partial charge on any atom is 0.128 e. The number of pyridine rings is 1. The second-order valence-corrected chi connectivity index (χ2v) is 4.29. The molecular formula is C12H18N2O2. The topological polar surface area (TPSA) is 56.6 Å². The van der Waals surface area contributed by atoms with Crippen LogP contribution in [0.2, 0.25) is 0 Å². The van der Waals surface area contributed by atoms with Crippen LogP contribution in [-0.4, -0.2) is 34.9 Å². The Kier molecular flexibility index (Phi) is 3.74. The zero-order valence-electron chi connectivity index (χ0n) is 9.34. The minimum absolute atomic E-state index is 0.0582. The second-order valence-electron chi connectivity index (χ2n) is 4.29. The van der Waals surface area contributed by atoms with Gasteiger partial charge >= 0.3 is 0 Å². The number of rotatable bonds is 3. The molecule has 0 unspecified atom stereocenters. The second kappa shape index (κ2) is 5.27. The van der Waals surface area contributed by atoms with Gasteiger partial charge in [0.1, 0.15) is 5.82 Å². The summed E-state index contributed by atoms with van der Waals surface area (Å²) >= 11 is 0. The maximum absolute atomic E-state index is 9.06. The molecule has 16 heavy (non-hydrogen) atoms. The van der Waals surface area contributed by atoms with Gasteiger partial charge in [0, 0.05) is 25.9 Å². The van der Waals surface area contributed by atoms with Crippen molar-refractivity contribution >= 4 is 5.82 Å². The highest BCUT2D eigenvalue weighted by molar-refractivity contribution is 5.41. The van der Waals surface area contributed by atoms with Crippen molar-refractivity contribution in [3.8, 4) is 0 Å². The van der Waals surface area contributed by atoms with Crippen LogP contribution in [-0.2, 0) is 6.61 Å². The van der Waals surface area contributed by atoms with E-state index in [1.165, 1.54) is 0 Å². The third-order valence-electron chi connectivity index (χ3n) is 3.19. The average molecular weight is 222 g/mol. The van der Waals surface area contributed by atoms with Gasteiger partial charge in [0.2, 0.25) is 0 Å². The minimum Gasteiger partial charge on any atom is -0.396 e. The molecule has 2 heterocycles. The summed E-state index contributed by atoms with van der Waals surface area (Å²) in [5, 5.41) is 18.1. The van der Waals surface area contributed by atoms with Crippen molar-refractivity contribution in [1.29, 1.82) is 0 Å². The molecule has 1 aliphatic rings. The van der Waals surface area contributed by atoms with Gasteiger partial charge in [0.25, 0.3) is 0 Å². The Morgan fingerprint density at radius 3 is 2.69 bits per heavy atom. The number of aromatic nitrogens is 1. The lowest BCUT2D eigenvalue weighted by Crippen LogP contribution is -2.35. The van der Waals surface area contributed by atoms with E-state index in [0.29, 0.717) is 5.92 Å². The number of nitrogens with zero attached hydrogens (tertiary/aromatic N) is 2. The third-order valence-corrected chi connectivity index (χ3v) is 3.19. The van der Waals surface area contributed by atoms with Gasteiger partial charge in [-0.25, -0.2) is 4.98 Å². The van der Waals surface area contributed by atoms with Gasteiger partial charge in [-0.2, -0.15) is 0 Å². The molecule has 2 rings (SSSR count). The lowest BCUT2D eigenvalue weighted by Gasteiger charge is -2.32. The van der Waals surface area contributed by atoms with E-state index in [4.69, 9.17) is 10.2 Å². The molecule has 4 heteroatoms. The molecule has 0 aromatic carbocycles. The molecule has 1 aromatic heterocycles. The standard InChI is InChI=1S/C12H18N2O2/c15-8-10-2-5-14(6-3-10)12-7-11(9-16)1-4-13-12/h1,4,7,10,15-16H,2-3,5-6,8-9H2. The number of piperidine rings is 1. The molecule has 4 nitrogen and oxygen atoms in total. The summed E-state index contributed by atoms with van der Waals surface area (Å²) in [6, 6.07) is 3.75. The summed E-state index contributed by atoms with van der Waals surface area (Å²) in [6.07, 6.45) is 3.77. The van der Waals surface area contributed by atoms with Crippen molar-refractivity contribution in [1.82, 2.24) is 4.98 Å². The summed E-state index contributed by atoms with van der Waals surface area (Å²) in [7, 11) is 0. The third kappa shape index (κ3) is 2.51. The lowest BCUT2D eigenvalue weighted by molar-refractivity contribution is 0.203. The number of aliphatic hydroxyl groups is 2. The van der Waals surface area contributed by atoms with Crippen LogP contribution < -0.4 is 4.90 Å². The van der Waals surface area contributed by atoms with E-state index in [2.05, 4.69) is 9.88 Å². The van der Waals surface area contributed by atoms with Crippen LogP contribution in [0.1, 0.15) is 18.4 Å². The molecule has 1 aromatic rings. The summed E-state index contributed by atoms with van der Waals surface area (Å²) in [4.78, 5) is 6.53. The Balaban J connectivity index is 2.02. The highest BCUT2D eigenvalue weighted by Gasteiger charge is 2.19. The van der Waals surface area contributed by atoms with Crippen molar-refractivity contribution in [3.63, 3.8) is 0 Å². The fourth-order valence-corrected chi connectivity index (χ4v) is 2.08. The molecule has 0 atom stereocenters. The smallest absolute Gasteiger partial charge is 0.128 e. The largest absolute Gasteiger partial charge is 0.396 e. The van der Waals surface area contributed by atoms with Gasteiger partial charge in [0.05, 0.1) is 6.61 Å². The molecule has 0 amide bonds. The predicted molar refractivity (Wildman–Crippen MR) is 62.2 cm³/mol. The van der Waals surface area contributed by atoms with Crippen molar-refractivity contribution in [2.45, 2.75) is 19.4 Å². The first kappa shape index (κ1) is 11.4. The van der Waals surface area contributed by atoms with E-state index in [0.717, 1.165) is 37.3 Å². The van der Waals surface area contributed by atoms with Crippen LogP contribution >= 0.6 is 0 Å². The van der Waals surface area contributed by atoms with Gasteiger partial charge in [-0.1, -0.05) is 0 Å². The lowest BCUT2D eigenvalue weighted by atomic mass is 9.98. The Morgan fingerprint density at radius 2 is 2.06 bits per heavy atom. The number of anilines is 1. The van der Waals surface area contributed by atoms with Gasteiger partial charge in [0.15, 0.2) is 0 Å². The van der Waals surface area contributed by atoms with Crippen molar-refractivity contribution < 1.29 is 10.2 Å². The van der Waals surface area contributed by atoms with Gasteiger partial charge in [-0.15, -0.1) is 0 Å². The summed E-state index contributed by atoms with van der Waals surface area (Å²) in [6.45, 7) is 2.22. The quantitative estimate of drug-likeness (QED) is 0.793. The fraction of sp³-hybridized carbons (Fsp3) is 0.583. The molecular weight excluding hydrogens is 204 g/mol. The van der Waals surface area contributed by atoms with E-state index < -0.39 is 0 Å². The van der Waals surface area contributed by atoms with E-state index in [1.807, 2.05) is 12.1 Å². The highest BCUT2D eigenvalue weighted by Crippen LogP contribution is 2.21. The molecule has 88 valence electrons. The Bertz CT molecular complexity index is 336. The predicted octanol–water partition coefficient (Wildman–Crippen LogP) is 0.783. The summed E-state index contributed by atoms with van der Waals surface area (Å²) in [5.74, 6) is 1.38.